The predicted octanol–water partition coefficient (Wildman–Crippen LogP) is 4.85. The maximum atomic E-state index is 12.2. The summed E-state index contributed by atoms with van der Waals surface area (Å²) < 4.78 is 40.4. The van der Waals surface area contributed by atoms with Gasteiger partial charge in [-0.05, 0) is 48.2 Å². The molecule has 2 aromatic rings. The van der Waals surface area contributed by atoms with Gasteiger partial charge in [0.05, 0.1) is 0 Å². The molecule has 1 saturated heterocycles. The summed E-state index contributed by atoms with van der Waals surface area (Å²) >= 11 is 0. The molecule has 0 aliphatic carbocycles. The normalized spacial score (nSPS) is 15.1. The molecule has 116 valence electrons. The smallest absolute Gasteiger partial charge is 0.406 e. The predicted molar refractivity (Wildman–Crippen MR) is 80.0 cm³/mol. The van der Waals surface area contributed by atoms with Crippen LogP contribution in [0.15, 0.2) is 48.5 Å². The minimum atomic E-state index is -4.66. The van der Waals surface area contributed by atoms with Gasteiger partial charge in [0.1, 0.15) is 5.75 Å². The molecule has 0 bridgehead atoms. The van der Waals surface area contributed by atoms with Gasteiger partial charge in [0.25, 0.3) is 0 Å². The average Bonchev–Trinajstić information content (AvgIpc) is 3.01. The Balaban J connectivity index is 1.80. The molecule has 2 nitrogen and oxygen atoms in total. The van der Waals surface area contributed by atoms with Gasteiger partial charge in [-0.15, -0.1) is 13.2 Å². The second-order valence-corrected chi connectivity index (χ2v) is 5.32. The Morgan fingerprint density at radius 1 is 0.864 bits per heavy atom. The molecule has 0 unspecified atom stereocenters. The molecule has 1 aliphatic heterocycles. The number of hydrogen-bond donors (Lipinski definition) is 0. The second-order valence-electron chi connectivity index (χ2n) is 5.32. The summed E-state index contributed by atoms with van der Waals surface area (Å²) in [6.45, 7) is 2.11. The van der Waals surface area contributed by atoms with E-state index in [1.54, 1.807) is 12.1 Å². The van der Waals surface area contributed by atoms with Crippen molar-refractivity contribution in [3.05, 3.63) is 48.5 Å². The fourth-order valence-corrected chi connectivity index (χ4v) is 2.71. The zero-order valence-electron chi connectivity index (χ0n) is 11.9. The van der Waals surface area contributed by atoms with Crippen LogP contribution in [0.5, 0.6) is 5.75 Å². The van der Waals surface area contributed by atoms with Crippen molar-refractivity contribution in [3.63, 3.8) is 0 Å². The molecule has 3 rings (SSSR count). The molecular formula is C17H16F3NO. The molecule has 0 aromatic heterocycles. The van der Waals surface area contributed by atoms with Crippen molar-refractivity contribution in [2.24, 2.45) is 0 Å². The number of anilines is 1. The summed E-state index contributed by atoms with van der Waals surface area (Å²) in [7, 11) is 0. The Kier molecular flexibility index (Phi) is 3.96. The summed E-state index contributed by atoms with van der Waals surface area (Å²) in [5.41, 5.74) is 3.02. The quantitative estimate of drug-likeness (QED) is 0.803. The van der Waals surface area contributed by atoms with Gasteiger partial charge in [-0.1, -0.05) is 24.3 Å². The maximum absolute atomic E-state index is 12.2. The third-order valence-electron chi connectivity index (χ3n) is 3.74. The standard InChI is InChI=1S/C17H16F3NO/c18-17(19,20)22-16-8-6-13(7-9-16)14-4-3-5-15(12-14)21-10-1-2-11-21/h3-9,12H,1-2,10-11H2. The highest BCUT2D eigenvalue weighted by Gasteiger charge is 2.30. The minimum Gasteiger partial charge on any atom is -0.406 e. The number of nitrogens with zero attached hydrogens (tertiary/aromatic N) is 1. The molecule has 0 radical (unpaired) electrons. The van der Waals surface area contributed by atoms with Crippen LogP contribution in [0, 0.1) is 0 Å². The molecular weight excluding hydrogens is 291 g/mol. The molecule has 0 amide bonds. The lowest BCUT2D eigenvalue weighted by atomic mass is 10.0. The van der Waals surface area contributed by atoms with E-state index >= 15 is 0 Å². The van der Waals surface area contributed by atoms with Gasteiger partial charge in [-0.3, -0.25) is 0 Å². The highest BCUT2D eigenvalue weighted by molar-refractivity contribution is 5.69. The van der Waals surface area contributed by atoms with Gasteiger partial charge in [0.2, 0.25) is 0 Å². The second kappa shape index (κ2) is 5.91. The molecule has 2 aromatic carbocycles. The Hall–Kier alpha value is -2.17. The number of hydrogen-bond acceptors (Lipinski definition) is 2. The monoisotopic (exact) mass is 307 g/mol. The molecule has 0 spiro atoms. The molecule has 1 heterocycles. The largest absolute Gasteiger partial charge is 0.573 e. The lowest BCUT2D eigenvalue weighted by Gasteiger charge is -2.18. The zero-order chi connectivity index (χ0) is 15.6. The summed E-state index contributed by atoms with van der Waals surface area (Å²) in [5.74, 6) is -0.202. The summed E-state index contributed by atoms with van der Waals surface area (Å²) in [4.78, 5) is 2.32. The third kappa shape index (κ3) is 3.53. The van der Waals surface area contributed by atoms with E-state index in [9.17, 15) is 13.2 Å². The van der Waals surface area contributed by atoms with Crippen LogP contribution in [0.4, 0.5) is 18.9 Å². The van der Waals surface area contributed by atoms with Gasteiger partial charge < -0.3 is 9.64 Å². The minimum absolute atomic E-state index is 0.202. The highest BCUT2D eigenvalue weighted by Crippen LogP contribution is 2.29. The van der Waals surface area contributed by atoms with Crippen LogP contribution in [0.1, 0.15) is 12.8 Å². The third-order valence-corrected chi connectivity index (χ3v) is 3.74. The van der Waals surface area contributed by atoms with E-state index < -0.39 is 6.36 Å². The lowest BCUT2D eigenvalue weighted by Crippen LogP contribution is -2.17. The number of rotatable bonds is 3. The molecule has 5 heteroatoms. The first kappa shape index (κ1) is 14.8. The number of ether oxygens (including phenoxy) is 1. The molecule has 22 heavy (non-hydrogen) atoms. The summed E-state index contributed by atoms with van der Waals surface area (Å²) in [6.07, 6.45) is -2.25. The van der Waals surface area contributed by atoms with Crippen molar-refractivity contribution in [1.29, 1.82) is 0 Å². The lowest BCUT2D eigenvalue weighted by molar-refractivity contribution is -0.274. The SMILES string of the molecule is FC(F)(F)Oc1ccc(-c2cccc(N3CCCC3)c2)cc1. The van der Waals surface area contributed by atoms with Crippen LogP contribution in [-0.4, -0.2) is 19.5 Å². The van der Waals surface area contributed by atoms with E-state index in [1.165, 1.54) is 25.0 Å². The molecule has 0 N–H and O–H groups in total. The molecule has 0 saturated carbocycles. The van der Waals surface area contributed by atoms with Crippen molar-refractivity contribution < 1.29 is 17.9 Å². The topological polar surface area (TPSA) is 12.5 Å². The van der Waals surface area contributed by atoms with Gasteiger partial charge in [-0.2, -0.15) is 0 Å². The Bertz CT molecular complexity index is 631. The summed E-state index contributed by atoms with van der Waals surface area (Å²) in [6, 6.07) is 14.0. The van der Waals surface area contributed by atoms with E-state index in [2.05, 4.69) is 21.8 Å². The van der Waals surface area contributed by atoms with E-state index in [1.807, 2.05) is 12.1 Å². The first-order valence-corrected chi connectivity index (χ1v) is 7.22. The van der Waals surface area contributed by atoms with Gasteiger partial charge in [0.15, 0.2) is 0 Å². The van der Waals surface area contributed by atoms with Crippen LogP contribution in [0.2, 0.25) is 0 Å². The van der Waals surface area contributed by atoms with Crippen LogP contribution in [0.3, 0.4) is 0 Å². The van der Waals surface area contributed by atoms with E-state index in [0.29, 0.717) is 0 Å². The van der Waals surface area contributed by atoms with Crippen molar-refractivity contribution in [3.8, 4) is 16.9 Å². The molecule has 1 fully saturated rings. The fourth-order valence-electron chi connectivity index (χ4n) is 2.71. The van der Waals surface area contributed by atoms with Gasteiger partial charge in [-0.25, -0.2) is 0 Å². The van der Waals surface area contributed by atoms with E-state index in [4.69, 9.17) is 0 Å². The first-order valence-electron chi connectivity index (χ1n) is 7.22. The maximum Gasteiger partial charge on any atom is 0.573 e. The Morgan fingerprint density at radius 3 is 2.18 bits per heavy atom. The van der Waals surface area contributed by atoms with Crippen molar-refractivity contribution in [2.45, 2.75) is 19.2 Å². The highest BCUT2D eigenvalue weighted by atomic mass is 19.4. The van der Waals surface area contributed by atoms with Gasteiger partial charge >= 0.3 is 6.36 Å². The van der Waals surface area contributed by atoms with Crippen LogP contribution < -0.4 is 9.64 Å². The fraction of sp³-hybridized carbons (Fsp3) is 0.294. The Labute approximate surface area is 127 Å². The summed E-state index contributed by atoms with van der Waals surface area (Å²) in [5, 5.41) is 0. The molecule has 0 atom stereocenters. The number of halogens is 3. The molecule has 1 aliphatic rings. The van der Waals surface area contributed by atoms with Crippen molar-refractivity contribution in [1.82, 2.24) is 0 Å². The van der Waals surface area contributed by atoms with Crippen LogP contribution in [-0.2, 0) is 0 Å². The van der Waals surface area contributed by atoms with E-state index in [-0.39, 0.29) is 5.75 Å². The first-order chi connectivity index (χ1) is 10.5. The Morgan fingerprint density at radius 2 is 1.55 bits per heavy atom. The number of alkyl halides is 3. The van der Waals surface area contributed by atoms with Crippen molar-refractivity contribution in [2.75, 3.05) is 18.0 Å². The van der Waals surface area contributed by atoms with Crippen LogP contribution in [0.25, 0.3) is 11.1 Å². The average molecular weight is 307 g/mol. The van der Waals surface area contributed by atoms with Gasteiger partial charge in [0, 0.05) is 18.8 Å². The number of benzene rings is 2. The van der Waals surface area contributed by atoms with Crippen molar-refractivity contribution >= 4 is 5.69 Å². The zero-order valence-corrected chi connectivity index (χ0v) is 11.9. The van der Waals surface area contributed by atoms with Crippen LogP contribution >= 0.6 is 0 Å². The van der Waals surface area contributed by atoms with E-state index in [0.717, 1.165) is 29.9 Å².